The summed E-state index contributed by atoms with van der Waals surface area (Å²) in [7, 11) is 0. The molecule has 0 aliphatic heterocycles. The van der Waals surface area contributed by atoms with Crippen molar-refractivity contribution in [2.24, 2.45) is 11.8 Å². The molecule has 0 spiro atoms. The summed E-state index contributed by atoms with van der Waals surface area (Å²) in [6.07, 6.45) is 6.26. The first-order valence-corrected chi connectivity index (χ1v) is 5.40. The van der Waals surface area contributed by atoms with Crippen molar-refractivity contribution in [3.05, 3.63) is 18.5 Å². The van der Waals surface area contributed by atoms with Crippen LogP contribution in [0.3, 0.4) is 0 Å². The van der Waals surface area contributed by atoms with Crippen LogP contribution in [0.25, 0.3) is 0 Å². The van der Waals surface area contributed by atoms with Crippen molar-refractivity contribution in [3.63, 3.8) is 0 Å². The molecule has 2 rings (SSSR count). The monoisotopic (exact) mass is 208 g/mol. The number of carboxylic acids is 1. The van der Waals surface area contributed by atoms with Gasteiger partial charge < -0.3 is 5.11 Å². The van der Waals surface area contributed by atoms with Crippen LogP contribution in [-0.4, -0.2) is 20.9 Å². The summed E-state index contributed by atoms with van der Waals surface area (Å²) in [6, 6.07) is 1.87. The predicted molar refractivity (Wildman–Crippen MR) is 55.4 cm³/mol. The molecule has 1 aromatic rings. The molecule has 0 saturated heterocycles. The lowest BCUT2D eigenvalue weighted by atomic mass is 9.79. The van der Waals surface area contributed by atoms with E-state index in [2.05, 4.69) is 12.0 Å². The third-order valence-electron chi connectivity index (χ3n) is 3.26. The van der Waals surface area contributed by atoms with E-state index in [0.717, 1.165) is 19.3 Å². The first kappa shape index (κ1) is 10.2. The summed E-state index contributed by atoms with van der Waals surface area (Å²) in [6.45, 7) is 2.18. The standard InChI is InChI=1S/C11H16N2O2/c1-8-3-4-9(11(14)15)10(7-8)13-6-2-5-12-13/h2,5-6,8-10H,3-4,7H2,1H3,(H,14,15). The molecule has 0 bridgehead atoms. The highest BCUT2D eigenvalue weighted by atomic mass is 16.4. The summed E-state index contributed by atoms with van der Waals surface area (Å²) in [5.74, 6) is -0.377. The van der Waals surface area contributed by atoms with Crippen molar-refractivity contribution in [2.75, 3.05) is 0 Å². The third kappa shape index (κ3) is 2.03. The second-order valence-electron chi connectivity index (χ2n) is 4.42. The van der Waals surface area contributed by atoms with E-state index in [1.807, 2.05) is 12.3 Å². The van der Waals surface area contributed by atoms with Gasteiger partial charge in [-0.15, -0.1) is 0 Å². The minimum Gasteiger partial charge on any atom is -0.481 e. The number of aliphatic carboxylic acids is 1. The Kier molecular flexibility index (Phi) is 2.75. The first-order valence-electron chi connectivity index (χ1n) is 5.40. The maximum atomic E-state index is 11.1. The molecule has 3 unspecified atom stereocenters. The summed E-state index contributed by atoms with van der Waals surface area (Å²) in [5.41, 5.74) is 0. The molecule has 1 saturated carbocycles. The smallest absolute Gasteiger partial charge is 0.308 e. The van der Waals surface area contributed by atoms with Gasteiger partial charge >= 0.3 is 5.97 Å². The van der Waals surface area contributed by atoms with E-state index in [1.165, 1.54) is 0 Å². The van der Waals surface area contributed by atoms with Crippen LogP contribution in [0.4, 0.5) is 0 Å². The highest BCUT2D eigenvalue weighted by Crippen LogP contribution is 2.36. The van der Waals surface area contributed by atoms with Crippen LogP contribution in [0.5, 0.6) is 0 Å². The highest BCUT2D eigenvalue weighted by Gasteiger charge is 2.34. The number of carbonyl (C=O) groups is 1. The van der Waals surface area contributed by atoms with Crippen LogP contribution in [0, 0.1) is 11.8 Å². The Morgan fingerprint density at radius 3 is 2.93 bits per heavy atom. The Morgan fingerprint density at radius 1 is 1.53 bits per heavy atom. The fourth-order valence-electron chi connectivity index (χ4n) is 2.41. The molecule has 3 atom stereocenters. The largest absolute Gasteiger partial charge is 0.481 e. The summed E-state index contributed by atoms with van der Waals surface area (Å²) >= 11 is 0. The topological polar surface area (TPSA) is 55.1 Å². The fraction of sp³-hybridized carbons (Fsp3) is 0.636. The summed E-state index contributed by atoms with van der Waals surface area (Å²) < 4.78 is 1.80. The summed E-state index contributed by atoms with van der Waals surface area (Å²) in [5, 5.41) is 13.3. The lowest BCUT2D eigenvalue weighted by Crippen LogP contribution is -2.32. The molecule has 15 heavy (non-hydrogen) atoms. The quantitative estimate of drug-likeness (QED) is 0.808. The van der Waals surface area contributed by atoms with E-state index in [-0.39, 0.29) is 12.0 Å². The Bertz CT molecular complexity index is 334. The molecule has 0 radical (unpaired) electrons. The molecule has 0 amide bonds. The zero-order valence-electron chi connectivity index (χ0n) is 8.84. The molecule has 1 aromatic heterocycles. The second kappa shape index (κ2) is 4.04. The maximum Gasteiger partial charge on any atom is 0.308 e. The number of hydrogen-bond donors (Lipinski definition) is 1. The van der Waals surface area contributed by atoms with Gasteiger partial charge in [0.15, 0.2) is 0 Å². The number of hydrogen-bond acceptors (Lipinski definition) is 2. The van der Waals surface area contributed by atoms with Gasteiger partial charge in [0, 0.05) is 12.4 Å². The Balaban J connectivity index is 2.20. The Morgan fingerprint density at radius 2 is 2.33 bits per heavy atom. The highest BCUT2D eigenvalue weighted by molar-refractivity contribution is 5.70. The van der Waals surface area contributed by atoms with E-state index in [1.54, 1.807) is 10.9 Å². The maximum absolute atomic E-state index is 11.1. The normalized spacial score (nSPS) is 31.4. The number of rotatable bonds is 2. The van der Waals surface area contributed by atoms with Gasteiger partial charge in [-0.2, -0.15) is 5.10 Å². The van der Waals surface area contributed by atoms with Crippen molar-refractivity contribution in [1.29, 1.82) is 0 Å². The van der Waals surface area contributed by atoms with Gasteiger partial charge in [-0.05, 0) is 31.2 Å². The SMILES string of the molecule is CC1CCC(C(=O)O)C(n2cccn2)C1. The molecule has 0 aromatic carbocycles. The van der Waals surface area contributed by atoms with Crippen molar-refractivity contribution < 1.29 is 9.90 Å². The molecular weight excluding hydrogens is 192 g/mol. The zero-order chi connectivity index (χ0) is 10.8. The zero-order valence-corrected chi connectivity index (χ0v) is 8.84. The molecule has 1 N–H and O–H groups in total. The molecular formula is C11H16N2O2. The van der Waals surface area contributed by atoms with Gasteiger partial charge in [-0.25, -0.2) is 0 Å². The van der Waals surface area contributed by atoms with E-state index < -0.39 is 5.97 Å². The molecule has 82 valence electrons. The average molecular weight is 208 g/mol. The third-order valence-corrected chi connectivity index (χ3v) is 3.26. The van der Waals surface area contributed by atoms with Crippen molar-refractivity contribution >= 4 is 5.97 Å². The number of nitrogens with zero attached hydrogens (tertiary/aromatic N) is 2. The van der Waals surface area contributed by atoms with Gasteiger partial charge in [-0.1, -0.05) is 6.92 Å². The first-order chi connectivity index (χ1) is 7.18. The molecule has 4 heteroatoms. The Labute approximate surface area is 88.9 Å². The second-order valence-corrected chi connectivity index (χ2v) is 4.42. The van der Waals surface area contributed by atoms with Gasteiger partial charge in [0.25, 0.3) is 0 Å². The predicted octanol–water partition coefficient (Wildman–Crippen LogP) is 1.94. The lowest BCUT2D eigenvalue weighted by molar-refractivity contribution is -0.145. The minimum atomic E-state index is -0.692. The van der Waals surface area contributed by atoms with Crippen LogP contribution in [0.15, 0.2) is 18.5 Å². The van der Waals surface area contributed by atoms with E-state index in [4.69, 9.17) is 5.11 Å². The number of carboxylic acid groups (broad SMARTS) is 1. The van der Waals surface area contributed by atoms with Gasteiger partial charge in [0.05, 0.1) is 12.0 Å². The molecule has 1 fully saturated rings. The molecule has 1 aliphatic rings. The van der Waals surface area contributed by atoms with E-state index in [9.17, 15) is 4.79 Å². The van der Waals surface area contributed by atoms with Gasteiger partial charge in [0.2, 0.25) is 0 Å². The van der Waals surface area contributed by atoms with Crippen LogP contribution < -0.4 is 0 Å². The van der Waals surface area contributed by atoms with Gasteiger partial charge in [0.1, 0.15) is 0 Å². The van der Waals surface area contributed by atoms with Crippen LogP contribution in [0.1, 0.15) is 32.2 Å². The molecule has 4 nitrogen and oxygen atoms in total. The van der Waals surface area contributed by atoms with Gasteiger partial charge in [-0.3, -0.25) is 9.48 Å². The summed E-state index contributed by atoms with van der Waals surface area (Å²) in [4.78, 5) is 11.1. The molecule has 1 heterocycles. The molecule has 1 aliphatic carbocycles. The van der Waals surface area contributed by atoms with Crippen LogP contribution >= 0.6 is 0 Å². The minimum absolute atomic E-state index is 0.0289. The van der Waals surface area contributed by atoms with Crippen molar-refractivity contribution in [3.8, 4) is 0 Å². The Hall–Kier alpha value is -1.32. The van der Waals surface area contributed by atoms with Crippen molar-refractivity contribution in [2.45, 2.75) is 32.2 Å². The lowest BCUT2D eigenvalue weighted by Gasteiger charge is -2.32. The van der Waals surface area contributed by atoms with Crippen LogP contribution in [-0.2, 0) is 4.79 Å². The van der Waals surface area contributed by atoms with E-state index in [0.29, 0.717) is 5.92 Å². The number of aromatic nitrogens is 2. The van der Waals surface area contributed by atoms with E-state index >= 15 is 0 Å². The van der Waals surface area contributed by atoms with Crippen molar-refractivity contribution in [1.82, 2.24) is 9.78 Å². The average Bonchev–Trinajstić information content (AvgIpc) is 2.69. The fourth-order valence-corrected chi connectivity index (χ4v) is 2.41. The van der Waals surface area contributed by atoms with Crippen LogP contribution in [0.2, 0.25) is 0 Å².